The Hall–Kier alpha value is -5.02. The second kappa shape index (κ2) is 15.3. The number of nitrogens with one attached hydrogen (secondary N) is 2. The zero-order valence-corrected chi connectivity index (χ0v) is 25.4. The van der Waals surface area contributed by atoms with Crippen molar-refractivity contribution in [1.82, 2.24) is 30.3 Å². The van der Waals surface area contributed by atoms with Gasteiger partial charge in [-0.3, -0.25) is 24.0 Å². The van der Waals surface area contributed by atoms with Gasteiger partial charge in [0.2, 0.25) is 11.8 Å². The summed E-state index contributed by atoms with van der Waals surface area (Å²) in [5.74, 6) is -3.95. The Morgan fingerprint density at radius 2 is 1.76 bits per heavy atom. The zero-order valence-electron chi connectivity index (χ0n) is 25.4. The van der Waals surface area contributed by atoms with Crippen LogP contribution in [0.1, 0.15) is 49.5 Å². The zero-order chi connectivity index (χ0) is 33.4. The number of likely N-dealkylation sites (tertiary alicyclic amines) is 1. The number of hydrogen-bond acceptors (Lipinski definition) is 8. The molecule has 2 fully saturated rings. The summed E-state index contributed by atoms with van der Waals surface area (Å²) >= 11 is 0. The maximum atomic E-state index is 14.2. The molecule has 2 aromatic rings. The van der Waals surface area contributed by atoms with E-state index in [1.807, 2.05) is 6.92 Å². The van der Waals surface area contributed by atoms with E-state index in [9.17, 15) is 43.4 Å². The van der Waals surface area contributed by atoms with Crippen LogP contribution in [0.25, 0.3) is 10.9 Å². The number of rotatable bonds is 12. The molecule has 1 aromatic carbocycles. The standard InChI is InChI=1S/C30H37FN6O9/c1-2-9-32-28(42)23-4-3-10-37(23)25(38)17-46-24-16-22(33-21-15-18(31)5-6-19(21)24)27(41)34-20(7-8-26(39)40)29(43)35-11-13-36(14-12-35)30(44)45/h5-6,15-16,20,23H,2-4,7-14,17H2,1H3,(H,32,42)(H,34,41)(H,39,40)(H,44,45)/t20-,23-/m0/s1. The summed E-state index contributed by atoms with van der Waals surface area (Å²) in [6.45, 7) is 2.53. The number of carbonyl (C=O) groups excluding carboxylic acids is 4. The Balaban J connectivity index is 1.52. The second-order valence-corrected chi connectivity index (χ2v) is 11.0. The molecule has 248 valence electrons. The van der Waals surface area contributed by atoms with E-state index in [0.717, 1.165) is 23.5 Å². The van der Waals surface area contributed by atoms with Gasteiger partial charge in [-0.2, -0.15) is 0 Å². The van der Waals surface area contributed by atoms with Gasteiger partial charge in [-0.05, 0) is 37.8 Å². The van der Waals surface area contributed by atoms with E-state index < -0.39 is 60.7 Å². The Kier molecular flexibility index (Phi) is 11.3. The van der Waals surface area contributed by atoms with Crippen molar-refractivity contribution in [3.05, 3.63) is 35.8 Å². The summed E-state index contributed by atoms with van der Waals surface area (Å²) in [5, 5.41) is 24.0. The SMILES string of the molecule is CCCNC(=O)[C@@H]1CCCN1C(=O)COc1cc(C(=O)N[C@@H](CCC(=O)O)C(=O)N2CCN(C(=O)O)CC2)nc2cc(F)ccc12. The van der Waals surface area contributed by atoms with Gasteiger partial charge in [0.15, 0.2) is 6.61 Å². The normalized spacial score (nSPS) is 17.0. The third-order valence-electron chi connectivity index (χ3n) is 7.85. The molecule has 46 heavy (non-hydrogen) atoms. The minimum absolute atomic E-state index is 0.0336. The lowest BCUT2D eigenvalue weighted by molar-refractivity contribution is -0.140. The molecule has 2 aliphatic rings. The Morgan fingerprint density at radius 3 is 2.43 bits per heavy atom. The van der Waals surface area contributed by atoms with Gasteiger partial charge >= 0.3 is 12.1 Å². The minimum Gasteiger partial charge on any atom is -0.483 e. The van der Waals surface area contributed by atoms with Crippen molar-refractivity contribution in [2.24, 2.45) is 0 Å². The number of ether oxygens (including phenoxy) is 1. The molecule has 16 heteroatoms. The number of benzene rings is 1. The molecule has 0 aliphatic carbocycles. The van der Waals surface area contributed by atoms with Gasteiger partial charge in [0.05, 0.1) is 5.52 Å². The fourth-order valence-corrected chi connectivity index (χ4v) is 5.43. The molecule has 0 bridgehead atoms. The molecule has 0 unspecified atom stereocenters. The number of amides is 5. The molecule has 0 saturated carbocycles. The molecule has 0 radical (unpaired) electrons. The molecule has 2 aliphatic heterocycles. The topological polar surface area (TPSA) is 199 Å². The average Bonchev–Trinajstić information content (AvgIpc) is 3.54. The number of carbonyl (C=O) groups is 6. The highest BCUT2D eigenvalue weighted by Gasteiger charge is 2.34. The average molecular weight is 645 g/mol. The molecule has 2 saturated heterocycles. The van der Waals surface area contributed by atoms with Gasteiger partial charge < -0.3 is 40.3 Å². The van der Waals surface area contributed by atoms with E-state index >= 15 is 0 Å². The summed E-state index contributed by atoms with van der Waals surface area (Å²) in [6, 6.07) is 2.96. The van der Waals surface area contributed by atoms with Crippen LogP contribution >= 0.6 is 0 Å². The van der Waals surface area contributed by atoms with Crippen LogP contribution in [0, 0.1) is 5.82 Å². The molecule has 15 nitrogen and oxygen atoms in total. The van der Waals surface area contributed by atoms with Crippen LogP contribution in [0.2, 0.25) is 0 Å². The third-order valence-corrected chi connectivity index (χ3v) is 7.85. The van der Waals surface area contributed by atoms with Crippen LogP contribution in [0.15, 0.2) is 24.3 Å². The van der Waals surface area contributed by atoms with Crippen LogP contribution in [0.3, 0.4) is 0 Å². The molecule has 2 atom stereocenters. The number of aliphatic carboxylic acids is 1. The van der Waals surface area contributed by atoms with Crippen LogP contribution in [0.5, 0.6) is 5.75 Å². The van der Waals surface area contributed by atoms with E-state index in [1.165, 1.54) is 21.9 Å². The molecular weight excluding hydrogens is 607 g/mol. The number of carboxylic acids is 1. The number of fused-ring (bicyclic) bond motifs is 1. The summed E-state index contributed by atoms with van der Waals surface area (Å²) in [6.07, 6.45) is 0.0991. The molecular formula is C30H37FN6O9. The van der Waals surface area contributed by atoms with E-state index in [0.29, 0.717) is 31.3 Å². The summed E-state index contributed by atoms with van der Waals surface area (Å²) in [7, 11) is 0. The van der Waals surface area contributed by atoms with Crippen LogP contribution in [-0.4, -0.2) is 124 Å². The van der Waals surface area contributed by atoms with Gasteiger partial charge in [0, 0.05) is 63.2 Å². The highest BCUT2D eigenvalue weighted by atomic mass is 19.1. The fraction of sp³-hybridized carbons (Fsp3) is 0.500. The summed E-state index contributed by atoms with van der Waals surface area (Å²) < 4.78 is 20.0. The van der Waals surface area contributed by atoms with E-state index in [-0.39, 0.29) is 55.5 Å². The number of halogens is 1. The summed E-state index contributed by atoms with van der Waals surface area (Å²) in [5.41, 5.74) is -0.242. The highest BCUT2D eigenvalue weighted by molar-refractivity contribution is 5.99. The molecule has 1 aromatic heterocycles. The number of carboxylic acid groups (broad SMARTS) is 2. The molecule has 5 amide bonds. The Morgan fingerprint density at radius 1 is 1.04 bits per heavy atom. The minimum atomic E-state index is -1.28. The van der Waals surface area contributed by atoms with Crippen molar-refractivity contribution in [2.45, 2.75) is 51.1 Å². The first-order valence-electron chi connectivity index (χ1n) is 15.1. The second-order valence-electron chi connectivity index (χ2n) is 11.0. The Bertz CT molecular complexity index is 1500. The van der Waals surface area contributed by atoms with E-state index in [2.05, 4.69) is 15.6 Å². The number of pyridine rings is 1. The first-order chi connectivity index (χ1) is 22.0. The van der Waals surface area contributed by atoms with Crippen molar-refractivity contribution in [3.8, 4) is 5.75 Å². The van der Waals surface area contributed by atoms with Gasteiger partial charge in [-0.25, -0.2) is 14.2 Å². The molecule has 4 rings (SSSR count). The van der Waals surface area contributed by atoms with Crippen molar-refractivity contribution in [1.29, 1.82) is 0 Å². The van der Waals surface area contributed by atoms with Gasteiger partial charge in [0.1, 0.15) is 29.3 Å². The van der Waals surface area contributed by atoms with Crippen molar-refractivity contribution < 1.29 is 48.1 Å². The maximum absolute atomic E-state index is 14.2. The first kappa shape index (κ1) is 33.9. The predicted octanol–water partition coefficient (Wildman–Crippen LogP) is 1.06. The van der Waals surface area contributed by atoms with Crippen LogP contribution in [0.4, 0.5) is 9.18 Å². The number of hydrogen-bond donors (Lipinski definition) is 4. The number of aromatic nitrogens is 1. The maximum Gasteiger partial charge on any atom is 0.407 e. The van der Waals surface area contributed by atoms with Gasteiger partial charge in [0.25, 0.3) is 11.8 Å². The fourth-order valence-electron chi connectivity index (χ4n) is 5.43. The first-order valence-corrected chi connectivity index (χ1v) is 15.1. The smallest absolute Gasteiger partial charge is 0.407 e. The van der Waals surface area contributed by atoms with Crippen LogP contribution in [-0.2, 0) is 19.2 Å². The van der Waals surface area contributed by atoms with Crippen molar-refractivity contribution >= 4 is 46.6 Å². The molecule has 0 spiro atoms. The van der Waals surface area contributed by atoms with E-state index in [4.69, 9.17) is 4.74 Å². The van der Waals surface area contributed by atoms with Crippen molar-refractivity contribution in [2.75, 3.05) is 45.9 Å². The Labute approximate surface area is 263 Å². The van der Waals surface area contributed by atoms with Crippen LogP contribution < -0.4 is 15.4 Å². The lowest BCUT2D eigenvalue weighted by Gasteiger charge is -2.35. The molecule has 4 N–H and O–H groups in total. The predicted molar refractivity (Wildman–Crippen MR) is 160 cm³/mol. The quantitative estimate of drug-likeness (QED) is 0.259. The van der Waals surface area contributed by atoms with Crippen molar-refractivity contribution in [3.63, 3.8) is 0 Å². The van der Waals surface area contributed by atoms with Gasteiger partial charge in [-0.15, -0.1) is 0 Å². The van der Waals surface area contributed by atoms with E-state index in [1.54, 1.807) is 0 Å². The lowest BCUT2D eigenvalue weighted by atomic mass is 10.1. The van der Waals surface area contributed by atoms with Gasteiger partial charge in [-0.1, -0.05) is 6.92 Å². The largest absolute Gasteiger partial charge is 0.483 e. The number of piperazine rings is 1. The number of nitrogens with zero attached hydrogens (tertiary/aromatic N) is 4. The highest BCUT2D eigenvalue weighted by Crippen LogP contribution is 2.27. The monoisotopic (exact) mass is 644 g/mol. The summed E-state index contributed by atoms with van der Waals surface area (Å²) in [4.78, 5) is 83.1. The third kappa shape index (κ3) is 8.37. The lowest BCUT2D eigenvalue weighted by Crippen LogP contribution is -2.55. The molecule has 3 heterocycles.